The van der Waals surface area contributed by atoms with Gasteiger partial charge in [0.25, 0.3) is 5.91 Å². The Bertz CT molecular complexity index is 805. The molecule has 0 aromatic heterocycles. The highest BCUT2D eigenvalue weighted by atomic mass is 35.5. The molecule has 152 valence electrons. The van der Waals surface area contributed by atoms with Crippen LogP contribution in [-0.4, -0.2) is 40.5 Å². The Labute approximate surface area is 174 Å². The van der Waals surface area contributed by atoms with Crippen molar-refractivity contribution in [3.63, 3.8) is 0 Å². The topological polar surface area (TPSA) is 66.0 Å². The Kier molecular flexibility index (Phi) is 8.23. The molecule has 28 heavy (non-hydrogen) atoms. The van der Waals surface area contributed by atoms with Crippen molar-refractivity contribution in [2.45, 2.75) is 13.0 Å². The molecule has 2 rings (SSSR count). The van der Waals surface area contributed by atoms with Crippen LogP contribution in [0.25, 0.3) is 0 Å². The van der Waals surface area contributed by atoms with Gasteiger partial charge in [-0.15, -0.1) is 0 Å². The van der Waals surface area contributed by atoms with E-state index in [1.807, 2.05) is 19.1 Å². The number of hydrogen-bond acceptors (Lipinski definition) is 5. The third-order valence-corrected chi connectivity index (χ3v) is 4.61. The molecule has 0 aliphatic carbocycles. The maximum atomic E-state index is 12.6. The smallest absolute Gasteiger partial charge is 0.251 e. The summed E-state index contributed by atoms with van der Waals surface area (Å²) in [6, 6.07) is 8.23. The minimum Gasteiger partial charge on any atom is -0.494 e. The van der Waals surface area contributed by atoms with Crippen LogP contribution < -0.4 is 19.5 Å². The lowest BCUT2D eigenvalue weighted by Crippen LogP contribution is -2.26. The molecule has 0 saturated heterocycles. The van der Waals surface area contributed by atoms with E-state index in [1.165, 1.54) is 19.2 Å². The summed E-state index contributed by atoms with van der Waals surface area (Å²) < 4.78 is 21.1. The summed E-state index contributed by atoms with van der Waals surface area (Å²) in [5.41, 5.74) is 1.20. The molecule has 1 atom stereocenters. The Morgan fingerprint density at radius 1 is 1.00 bits per heavy atom. The molecule has 0 spiro atoms. The van der Waals surface area contributed by atoms with E-state index in [0.717, 1.165) is 5.56 Å². The van der Waals surface area contributed by atoms with Crippen molar-refractivity contribution in [2.75, 3.05) is 34.5 Å². The van der Waals surface area contributed by atoms with Crippen LogP contribution in [0.15, 0.2) is 30.3 Å². The van der Waals surface area contributed by atoms with Gasteiger partial charge in [-0.2, -0.15) is 0 Å². The van der Waals surface area contributed by atoms with Crippen LogP contribution in [0.4, 0.5) is 0 Å². The van der Waals surface area contributed by atoms with Crippen LogP contribution in [-0.2, 0) is 4.74 Å². The molecule has 1 N–H and O–H groups in total. The quantitative estimate of drug-likeness (QED) is 0.595. The van der Waals surface area contributed by atoms with Crippen LogP contribution in [0.3, 0.4) is 0 Å². The molecule has 1 unspecified atom stereocenters. The number of halogens is 2. The van der Waals surface area contributed by atoms with Crippen molar-refractivity contribution < 1.29 is 23.7 Å². The molecule has 0 aliphatic heterocycles. The second kappa shape index (κ2) is 10.4. The predicted octanol–water partition coefficient (Wildman–Crippen LogP) is 4.53. The summed E-state index contributed by atoms with van der Waals surface area (Å²) in [7, 11) is 4.63. The van der Waals surface area contributed by atoms with Gasteiger partial charge in [0, 0.05) is 12.7 Å². The third-order valence-electron chi connectivity index (χ3n) is 4.04. The zero-order chi connectivity index (χ0) is 20.7. The molecule has 1 amide bonds. The van der Waals surface area contributed by atoms with Gasteiger partial charge in [0.2, 0.25) is 0 Å². The van der Waals surface area contributed by atoms with E-state index >= 15 is 0 Å². The maximum Gasteiger partial charge on any atom is 0.251 e. The second-order valence-electron chi connectivity index (χ2n) is 5.92. The normalized spacial score (nSPS) is 11.6. The van der Waals surface area contributed by atoms with Crippen LogP contribution in [0.2, 0.25) is 10.0 Å². The maximum absolute atomic E-state index is 12.6. The first-order valence-electron chi connectivity index (χ1n) is 8.54. The van der Waals surface area contributed by atoms with Crippen LogP contribution in [0, 0.1) is 0 Å². The van der Waals surface area contributed by atoms with Gasteiger partial charge in [-0.25, -0.2) is 0 Å². The van der Waals surface area contributed by atoms with Gasteiger partial charge in [-0.05, 0) is 36.8 Å². The fourth-order valence-corrected chi connectivity index (χ4v) is 3.20. The standard InChI is InChI=1S/C20H23Cl2NO5/c1-12(13-5-6-17(18(11-13)26-3)28-8-7-25-2)23-20(24)14-9-15(21)19(27-4)16(22)10-14/h5-6,9-12H,7-8H2,1-4H3,(H,23,24). The van der Waals surface area contributed by atoms with Crippen molar-refractivity contribution in [3.05, 3.63) is 51.5 Å². The van der Waals surface area contributed by atoms with E-state index in [1.54, 1.807) is 20.3 Å². The van der Waals surface area contributed by atoms with Gasteiger partial charge >= 0.3 is 0 Å². The molecule has 2 aromatic rings. The highest BCUT2D eigenvalue weighted by molar-refractivity contribution is 6.37. The minimum atomic E-state index is -0.307. The van der Waals surface area contributed by atoms with E-state index < -0.39 is 0 Å². The van der Waals surface area contributed by atoms with Gasteiger partial charge < -0.3 is 24.3 Å². The van der Waals surface area contributed by atoms with E-state index in [0.29, 0.717) is 36.0 Å². The van der Waals surface area contributed by atoms with Gasteiger partial charge in [-0.1, -0.05) is 29.3 Å². The molecule has 0 saturated carbocycles. The summed E-state index contributed by atoms with van der Waals surface area (Å²) in [5, 5.41) is 3.45. The van der Waals surface area contributed by atoms with Crippen molar-refractivity contribution in [2.24, 2.45) is 0 Å². The molecule has 0 heterocycles. The van der Waals surface area contributed by atoms with Crippen molar-refractivity contribution in [1.82, 2.24) is 5.32 Å². The zero-order valence-corrected chi connectivity index (χ0v) is 17.7. The number of carbonyl (C=O) groups excluding carboxylic acids is 1. The lowest BCUT2D eigenvalue weighted by atomic mass is 10.1. The monoisotopic (exact) mass is 427 g/mol. The molecule has 0 fully saturated rings. The van der Waals surface area contributed by atoms with Gasteiger partial charge in [0.15, 0.2) is 17.2 Å². The molecule has 2 aromatic carbocycles. The lowest BCUT2D eigenvalue weighted by molar-refractivity contribution is 0.0939. The van der Waals surface area contributed by atoms with Crippen LogP contribution in [0.1, 0.15) is 28.9 Å². The summed E-state index contributed by atoms with van der Waals surface area (Å²) in [6.07, 6.45) is 0. The van der Waals surface area contributed by atoms with Gasteiger partial charge in [0.05, 0.1) is 36.9 Å². The predicted molar refractivity (Wildman–Crippen MR) is 109 cm³/mol. The summed E-state index contributed by atoms with van der Waals surface area (Å²) in [6.45, 7) is 2.76. The number of nitrogens with one attached hydrogen (secondary N) is 1. The SMILES string of the molecule is COCCOc1ccc(C(C)NC(=O)c2cc(Cl)c(OC)c(Cl)c2)cc1OC. The summed E-state index contributed by atoms with van der Waals surface area (Å²) in [4.78, 5) is 12.6. The van der Waals surface area contributed by atoms with E-state index in [4.69, 9.17) is 42.1 Å². The Morgan fingerprint density at radius 3 is 2.25 bits per heavy atom. The Hall–Kier alpha value is -2.15. The number of benzene rings is 2. The number of hydrogen-bond donors (Lipinski definition) is 1. The number of rotatable bonds is 9. The Morgan fingerprint density at radius 2 is 1.68 bits per heavy atom. The summed E-state index contributed by atoms with van der Waals surface area (Å²) in [5.74, 6) is 1.21. The molecular formula is C20H23Cl2NO5. The van der Waals surface area contributed by atoms with Gasteiger partial charge in [-0.3, -0.25) is 4.79 Å². The van der Waals surface area contributed by atoms with E-state index in [2.05, 4.69) is 5.32 Å². The highest BCUT2D eigenvalue weighted by Gasteiger charge is 2.17. The number of methoxy groups -OCH3 is 3. The Balaban J connectivity index is 2.13. The lowest BCUT2D eigenvalue weighted by Gasteiger charge is -2.18. The molecular weight excluding hydrogens is 405 g/mol. The van der Waals surface area contributed by atoms with Crippen molar-refractivity contribution in [1.29, 1.82) is 0 Å². The van der Waals surface area contributed by atoms with E-state index in [9.17, 15) is 4.79 Å². The van der Waals surface area contributed by atoms with Crippen LogP contribution in [0.5, 0.6) is 17.2 Å². The molecule has 0 aliphatic rings. The molecule has 6 nitrogen and oxygen atoms in total. The first kappa shape index (κ1) is 22.1. The zero-order valence-electron chi connectivity index (χ0n) is 16.2. The van der Waals surface area contributed by atoms with Crippen LogP contribution >= 0.6 is 23.2 Å². The average Bonchev–Trinajstić information content (AvgIpc) is 2.67. The fraction of sp³-hybridized carbons (Fsp3) is 0.350. The molecule has 8 heteroatoms. The largest absolute Gasteiger partial charge is 0.494 e. The molecule has 0 radical (unpaired) electrons. The number of ether oxygens (including phenoxy) is 4. The third kappa shape index (κ3) is 5.44. The number of amides is 1. The number of carbonyl (C=O) groups is 1. The fourth-order valence-electron chi connectivity index (χ4n) is 2.56. The van der Waals surface area contributed by atoms with Gasteiger partial charge in [0.1, 0.15) is 6.61 Å². The second-order valence-corrected chi connectivity index (χ2v) is 6.73. The highest BCUT2D eigenvalue weighted by Crippen LogP contribution is 2.34. The first-order chi connectivity index (χ1) is 13.4. The van der Waals surface area contributed by atoms with Crippen molar-refractivity contribution >= 4 is 29.1 Å². The van der Waals surface area contributed by atoms with Crippen molar-refractivity contribution in [3.8, 4) is 17.2 Å². The first-order valence-corrected chi connectivity index (χ1v) is 9.30. The minimum absolute atomic E-state index is 0.270. The summed E-state index contributed by atoms with van der Waals surface area (Å²) >= 11 is 12.2. The molecule has 0 bridgehead atoms. The average molecular weight is 428 g/mol. The van der Waals surface area contributed by atoms with E-state index in [-0.39, 0.29) is 22.0 Å².